The van der Waals surface area contributed by atoms with Crippen molar-refractivity contribution < 1.29 is 27.5 Å². The maximum absolute atomic E-state index is 13.8. The van der Waals surface area contributed by atoms with Crippen molar-refractivity contribution >= 4 is 27.5 Å². The number of rotatable bonds is 12. The van der Waals surface area contributed by atoms with E-state index >= 15 is 0 Å². The van der Waals surface area contributed by atoms with E-state index in [9.17, 15) is 18.0 Å². The summed E-state index contributed by atoms with van der Waals surface area (Å²) in [7, 11) is -3.82. The van der Waals surface area contributed by atoms with Crippen LogP contribution in [0.1, 0.15) is 46.1 Å². The molecule has 0 saturated carbocycles. The molecule has 1 aliphatic rings. The van der Waals surface area contributed by atoms with E-state index in [0.29, 0.717) is 23.6 Å². The average molecular weight is 518 g/mol. The predicted molar refractivity (Wildman–Crippen MR) is 138 cm³/mol. The number of anilines is 1. The zero-order valence-electron chi connectivity index (χ0n) is 21.3. The fourth-order valence-corrected chi connectivity index (χ4v) is 4.95. The highest BCUT2D eigenvalue weighted by atomic mass is 32.2. The van der Waals surface area contributed by atoms with E-state index in [4.69, 9.17) is 9.47 Å². The molecular formula is C26H35N3O6S. The van der Waals surface area contributed by atoms with Crippen molar-refractivity contribution in [3.63, 3.8) is 0 Å². The van der Waals surface area contributed by atoms with E-state index in [1.165, 1.54) is 11.8 Å². The minimum Gasteiger partial charge on any atom is -0.454 e. The first-order valence-electron chi connectivity index (χ1n) is 12.2. The van der Waals surface area contributed by atoms with Crippen molar-refractivity contribution in [1.82, 2.24) is 10.2 Å². The molecule has 1 N–H and O–H groups in total. The third-order valence-corrected chi connectivity index (χ3v) is 7.95. The Bertz CT molecular complexity index is 1160. The van der Waals surface area contributed by atoms with Gasteiger partial charge in [-0.25, -0.2) is 8.42 Å². The summed E-state index contributed by atoms with van der Waals surface area (Å²) < 4.78 is 38.0. The topological polar surface area (TPSA) is 105 Å². The summed E-state index contributed by atoms with van der Waals surface area (Å²) in [5.74, 6) is -0.00277. The largest absolute Gasteiger partial charge is 0.454 e. The van der Waals surface area contributed by atoms with Gasteiger partial charge in [-0.05, 0) is 44.4 Å². The molecule has 1 heterocycles. The Hall–Kier alpha value is -3.27. The molecule has 36 heavy (non-hydrogen) atoms. The van der Waals surface area contributed by atoms with E-state index in [1.807, 2.05) is 51.1 Å². The van der Waals surface area contributed by atoms with Crippen LogP contribution in [0.15, 0.2) is 48.5 Å². The first-order chi connectivity index (χ1) is 17.2. The summed E-state index contributed by atoms with van der Waals surface area (Å²) in [6.45, 7) is 7.01. The number of ether oxygens (including phenoxy) is 2. The van der Waals surface area contributed by atoms with Crippen LogP contribution >= 0.6 is 0 Å². The average Bonchev–Trinajstić information content (AvgIpc) is 3.35. The number of amides is 2. The van der Waals surface area contributed by atoms with Crippen LogP contribution in [0, 0.1) is 0 Å². The number of carbonyl (C=O) groups excluding carboxylic acids is 2. The third-order valence-electron chi connectivity index (χ3n) is 6.21. The molecule has 1 aliphatic heterocycles. The molecule has 2 atom stereocenters. The molecule has 0 aliphatic carbocycles. The van der Waals surface area contributed by atoms with Gasteiger partial charge in [0.25, 0.3) is 0 Å². The molecule has 196 valence electrons. The fourth-order valence-electron chi connectivity index (χ4n) is 3.90. The molecule has 0 radical (unpaired) electrons. The molecule has 2 aromatic carbocycles. The quantitative estimate of drug-likeness (QED) is 0.463. The van der Waals surface area contributed by atoms with Crippen LogP contribution in [-0.2, 0) is 26.2 Å². The summed E-state index contributed by atoms with van der Waals surface area (Å²) >= 11 is 0. The molecule has 0 bridgehead atoms. The normalized spacial score (nSPS) is 14.1. The van der Waals surface area contributed by atoms with Crippen molar-refractivity contribution in [1.29, 1.82) is 0 Å². The molecule has 10 heteroatoms. The first-order valence-corrected chi connectivity index (χ1v) is 13.8. The minimum absolute atomic E-state index is 0.0482. The minimum atomic E-state index is -3.82. The van der Waals surface area contributed by atoms with E-state index < -0.39 is 28.5 Å². The Morgan fingerprint density at radius 2 is 1.69 bits per heavy atom. The SMILES string of the molecule is CC[C@@H](C)NC(=O)[C@@H](CC)N(Cc1ccccc1)C(=O)CN(c1ccc2c(c1)OCO2)S(=O)(=O)CC. The Labute approximate surface area is 213 Å². The van der Waals surface area contributed by atoms with Crippen molar-refractivity contribution in [2.45, 2.75) is 59.2 Å². The van der Waals surface area contributed by atoms with E-state index in [2.05, 4.69) is 5.32 Å². The van der Waals surface area contributed by atoms with E-state index in [0.717, 1.165) is 16.3 Å². The predicted octanol–water partition coefficient (Wildman–Crippen LogP) is 3.29. The maximum atomic E-state index is 13.8. The lowest BCUT2D eigenvalue weighted by Gasteiger charge is -2.33. The summed E-state index contributed by atoms with van der Waals surface area (Å²) in [6, 6.07) is 13.3. The van der Waals surface area contributed by atoms with Gasteiger partial charge in [-0.3, -0.25) is 13.9 Å². The number of fused-ring (bicyclic) bond motifs is 1. The lowest BCUT2D eigenvalue weighted by Crippen LogP contribution is -2.53. The number of carbonyl (C=O) groups is 2. The fraction of sp³-hybridized carbons (Fsp3) is 0.462. The standard InChI is InChI=1S/C26H35N3O6S/c1-5-19(4)27-26(31)22(6-2)28(16-20-11-9-8-10-12-20)25(30)17-29(36(32,33)7-3)21-13-14-23-24(15-21)35-18-34-23/h8-15,19,22H,5-7,16-18H2,1-4H3,(H,27,31)/t19-,22-/m1/s1. The zero-order valence-corrected chi connectivity index (χ0v) is 22.1. The smallest absolute Gasteiger partial charge is 0.244 e. The molecule has 2 aromatic rings. The number of benzene rings is 2. The molecule has 0 saturated heterocycles. The Kier molecular flexibility index (Phi) is 9.19. The molecule has 0 unspecified atom stereocenters. The summed E-state index contributed by atoms with van der Waals surface area (Å²) in [4.78, 5) is 28.4. The lowest BCUT2D eigenvalue weighted by molar-refractivity contribution is -0.140. The van der Waals surface area contributed by atoms with Crippen LogP contribution in [0.25, 0.3) is 0 Å². The van der Waals surface area contributed by atoms with Gasteiger partial charge >= 0.3 is 0 Å². The van der Waals surface area contributed by atoms with Crippen LogP contribution in [0.3, 0.4) is 0 Å². The number of nitrogens with one attached hydrogen (secondary N) is 1. The highest BCUT2D eigenvalue weighted by molar-refractivity contribution is 7.92. The molecule has 0 fully saturated rings. The summed E-state index contributed by atoms with van der Waals surface area (Å²) in [6.07, 6.45) is 1.13. The Morgan fingerprint density at radius 3 is 2.33 bits per heavy atom. The van der Waals surface area contributed by atoms with Crippen molar-refractivity contribution in [3.8, 4) is 11.5 Å². The highest BCUT2D eigenvalue weighted by Crippen LogP contribution is 2.36. The molecule has 0 aromatic heterocycles. The Balaban J connectivity index is 1.95. The number of nitrogens with zero attached hydrogens (tertiary/aromatic N) is 2. The van der Waals surface area contributed by atoms with Gasteiger partial charge in [0, 0.05) is 18.7 Å². The van der Waals surface area contributed by atoms with Crippen molar-refractivity contribution in [2.75, 3.05) is 23.4 Å². The summed E-state index contributed by atoms with van der Waals surface area (Å²) in [5, 5.41) is 2.96. The third kappa shape index (κ3) is 6.48. The second-order valence-corrected chi connectivity index (χ2v) is 10.9. The molecule has 0 spiro atoms. The van der Waals surface area contributed by atoms with Gasteiger partial charge in [-0.15, -0.1) is 0 Å². The van der Waals surface area contributed by atoms with Crippen molar-refractivity contribution in [2.24, 2.45) is 0 Å². The van der Waals surface area contributed by atoms with Crippen molar-refractivity contribution in [3.05, 3.63) is 54.1 Å². The highest BCUT2D eigenvalue weighted by Gasteiger charge is 2.33. The van der Waals surface area contributed by atoms with E-state index in [1.54, 1.807) is 18.2 Å². The van der Waals surface area contributed by atoms with Crippen LogP contribution in [0.2, 0.25) is 0 Å². The second-order valence-electron chi connectivity index (χ2n) is 8.69. The lowest BCUT2D eigenvalue weighted by atomic mass is 10.1. The van der Waals surface area contributed by atoms with Gasteiger partial charge in [-0.1, -0.05) is 44.2 Å². The van der Waals surface area contributed by atoms with Gasteiger partial charge in [0.2, 0.25) is 28.6 Å². The first kappa shape index (κ1) is 27.3. The summed E-state index contributed by atoms with van der Waals surface area (Å²) in [5.41, 5.74) is 1.14. The Morgan fingerprint density at radius 1 is 1.00 bits per heavy atom. The molecular weight excluding hydrogens is 482 g/mol. The number of hydrogen-bond donors (Lipinski definition) is 1. The monoisotopic (exact) mass is 517 g/mol. The van der Waals surface area contributed by atoms with E-state index in [-0.39, 0.29) is 31.0 Å². The zero-order chi connectivity index (χ0) is 26.3. The second kappa shape index (κ2) is 12.1. The van der Waals surface area contributed by atoms with Gasteiger partial charge < -0.3 is 19.7 Å². The van der Waals surface area contributed by atoms with Crippen LogP contribution in [-0.4, -0.2) is 56.3 Å². The van der Waals surface area contributed by atoms with Gasteiger partial charge in [-0.2, -0.15) is 0 Å². The van der Waals surface area contributed by atoms with Gasteiger partial charge in [0.1, 0.15) is 12.6 Å². The van der Waals surface area contributed by atoms with Gasteiger partial charge in [0.05, 0.1) is 11.4 Å². The van der Waals surface area contributed by atoms with Crippen LogP contribution in [0.5, 0.6) is 11.5 Å². The molecule has 9 nitrogen and oxygen atoms in total. The van der Waals surface area contributed by atoms with Gasteiger partial charge in [0.15, 0.2) is 11.5 Å². The van der Waals surface area contributed by atoms with Crippen LogP contribution in [0.4, 0.5) is 5.69 Å². The molecule has 3 rings (SSSR count). The number of hydrogen-bond acceptors (Lipinski definition) is 6. The maximum Gasteiger partial charge on any atom is 0.244 e. The van der Waals surface area contributed by atoms with Crippen LogP contribution < -0.4 is 19.1 Å². The molecule has 2 amide bonds. The number of sulfonamides is 1.